The van der Waals surface area contributed by atoms with Crippen LogP contribution in [-0.2, 0) is 14.3 Å². The van der Waals surface area contributed by atoms with Crippen LogP contribution in [0.4, 0.5) is 0 Å². The van der Waals surface area contributed by atoms with Gasteiger partial charge in [-0.2, -0.15) is 5.10 Å². The minimum Gasteiger partial charge on any atom is -0.491 e. The molecule has 0 aliphatic heterocycles. The molecule has 23 heavy (non-hydrogen) atoms. The van der Waals surface area contributed by atoms with Crippen LogP contribution in [0.1, 0.15) is 25.8 Å². The van der Waals surface area contributed by atoms with Gasteiger partial charge >= 0.3 is 0 Å². The van der Waals surface area contributed by atoms with E-state index in [9.17, 15) is 9.59 Å². The Kier molecular flexibility index (Phi) is 8.38. The molecule has 7 nitrogen and oxygen atoms in total. The summed E-state index contributed by atoms with van der Waals surface area (Å²) in [4.78, 5) is 22.9. The van der Waals surface area contributed by atoms with Gasteiger partial charge in [-0.25, -0.2) is 5.43 Å². The lowest BCUT2D eigenvalue weighted by Crippen LogP contribution is -2.31. The summed E-state index contributed by atoms with van der Waals surface area (Å²) in [6.07, 6.45) is 1.34. The molecule has 1 aromatic rings. The van der Waals surface area contributed by atoms with Gasteiger partial charge in [-0.3, -0.25) is 9.59 Å². The van der Waals surface area contributed by atoms with Crippen molar-refractivity contribution in [2.45, 2.75) is 26.4 Å². The predicted octanol–water partition coefficient (Wildman–Crippen LogP) is 1.08. The van der Waals surface area contributed by atoms with Gasteiger partial charge in [-0.1, -0.05) is 0 Å². The number of carbonyl (C=O) groups is 2. The van der Waals surface area contributed by atoms with Crippen LogP contribution >= 0.6 is 0 Å². The smallest absolute Gasteiger partial charge is 0.249 e. The number of hydrogen-bond acceptors (Lipinski definition) is 5. The molecule has 0 aromatic heterocycles. The van der Waals surface area contributed by atoms with Crippen molar-refractivity contribution in [1.29, 1.82) is 0 Å². The van der Waals surface area contributed by atoms with Gasteiger partial charge in [0.15, 0.2) is 0 Å². The van der Waals surface area contributed by atoms with Crippen LogP contribution in [-0.4, -0.2) is 44.4 Å². The molecule has 1 rings (SSSR count). The van der Waals surface area contributed by atoms with Crippen LogP contribution in [0.15, 0.2) is 29.4 Å². The van der Waals surface area contributed by atoms with E-state index >= 15 is 0 Å². The van der Waals surface area contributed by atoms with Crippen molar-refractivity contribution in [3.63, 3.8) is 0 Å². The van der Waals surface area contributed by atoms with Gasteiger partial charge in [0.05, 0.1) is 18.9 Å². The van der Waals surface area contributed by atoms with E-state index in [1.54, 1.807) is 0 Å². The number of nitrogens with zero attached hydrogens (tertiary/aromatic N) is 1. The highest BCUT2D eigenvalue weighted by Crippen LogP contribution is 2.12. The first kappa shape index (κ1) is 18.6. The maximum Gasteiger partial charge on any atom is 0.249 e. The molecule has 2 amide bonds. The average molecular weight is 321 g/mol. The topological polar surface area (TPSA) is 89.0 Å². The summed E-state index contributed by atoms with van der Waals surface area (Å²) < 4.78 is 10.3. The fourth-order valence-corrected chi connectivity index (χ4v) is 1.62. The number of amides is 2. The van der Waals surface area contributed by atoms with Crippen molar-refractivity contribution in [3.05, 3.63) is 29.8 Å². The van der Waals surface area contributed by atoms with E-state index in [1.807, 2.05) is 38.1 Å². The highest BCUT2D eigenvalue weighted by atomic mass is 16.5. The van der Waals surface area contributed by atoms with Gasteiger partial charge in [0.1, 0.15) is 12.2 Å². The number of hydrogen-bond donors (Lipinski definition) is 2. The van der Waals surface area contributed by atoms with Crippen LogP contribution in [0.5, 0.6) is 5.75 Å². The number of methoxy groups -OCH3 is 1. The summed E-state index contributed by atoms with van der Waals surface area (Å²) in [7, 11) is 1.54. The Morgan fingerprint density at radius 3 is 2.52 bits per heavy atom. The second-order valence-electron chi connectivity index (χ2n) is 5.05. The van der Waals surface area contributed by atoms with Crippen molar-refractivity contribution in [1.82, 2.24) is 10.7 Å². The van der Waals surface area contributed by atoms with Gasteiger partial charge in [0.2, 0.25) is 11.8 Å². The molecule has 1 aromatic carbocycles. The fourth-order valence-electron chi connectivity index (χ4n) is 1.62. The maximum atomic E-state index is 11.5. The molecule has 0 spiro atoms. The Labute approximate surface area is 136 Å². The first-order valence-electron chi connectivity index (χ1n) is 7.35. The van der Waals surface area contributed by atoms with Crippen molar-refractivity contribution < 1.29 is 19.1 Å². The molecule has 0 unspecified atom stereocenters. The molecule has 0 heterocycles. The third kappa shape index (κ3) is 8.57. The van der Waals surface area contributed by atoms with Crippen molar-refractivity contribution in [2.24, 2.45) is 5.10 Å². The molecule has 126 valence electrons. The van der Waals surface area contributed by atoms with Crippen LogP contribution in [0, 0.1) is 0 Å². The van der Waals surface area contributed by atoms with E-state index in [4.69, 9.17) is 9.47 Å². The van der Waals surface area contributed by atoms with Crippen LogP contribution in [0.25, 0.3) is 0 Å². The summed E-state index contributed by atoms with van der Waals surface area (Å²) in [5.74, 6) is -0.0743. The zero-order chi connectivity index (χ0) is 17.1. The Bertz CT molecular complexity index is 527. The van der Waals surface area contributed by atoms with Gasteiger partial charge in [0.25, 0.3) is 0 Å². The van der Waals surface area contributed by atoms with Crippen LogP contribution in [0.3, 0.4) is 0 Å². The molecule has 0 aliphatic carbocycles. The van der Waals surface area contributed by atoms with E-state index < -0.39 is 5.91 Å². The van der Waals surface area contributed by atoms with Crippen molar-refractivity contribution in [3.8, 4) is 5.75 Å². The van der Waals surface area contributed by atoms with Gasteiger partial charge in [-0.15, -0.1) is 0 Å². The van der Waals surface area contributed by atoms with E-state index in [1.165, 1.54) is 13.3 Å². The third-order valence-corrected chi connectivity index (χ3v) is 2.60. The molecule has 0 saturated carbocycles. The Morgan fingerprint density at radius 2 is 1.91 bits per heavy atom. The molecule has 0 bridgehead atoms. The minimum atomic E-state index is -0.476. The normalized spacial score (nSPS) is 10.8. The monoisotopic (exact) mass is 321 g/mol. The highest BCUT2D eigenvalue weighted by Gasteiger charge is 2.07. The Hall–Kier alpha value is -2.41. The molecule has 0 fully saturated rings. The summed E-state index contributed by atoms with van der Waals surface area (Å²) >= 11 is 0. The zero-order valence-corrected chi connectivity index (χ0v) is 13.7. The van der Waals surface area contributed by atoms with Gasteiger partial charge < -0.3 is 14.8 Å². The second kappa shape index (κ2) is 10.3. The van der Waals surface area contributed by atoms with E-state index in [2.05, 4.69) is 15.8 Å². The Balaban J connectivity index is 2.34. The average Bonchev–Trinajstić information content (AvgIpc) is 2.48. The zero-order valence-electron chi connectivity index (χ0n) is 13.7. The highest BCUT2D eigenvalue weighted by molar-refractivity contribution is 5.97. The maximum absolute atomic E-state index is 11.5. The first-order chi connectivity index (χ1) is 11.0. The van der Waals surface area contributed by atoms with Gasteiger partial charge in [-0.05, 0) is 43.7 Å². The number of carbonyl (C=O) groups excluding carboxylic acids is 2. The molecular formula is C16H23N3O4. The molecular weight excluding hydrogens is 298 g/mol. The van der Waals surface area contributed by atoms with Gasteiger partial charge in [0, 0.05) is 13.7 Å². The molecule has 7 heteroatoms. The minimum absolute atomic E-state index is 0.115. The van der Waals surface area contributed by atoms with Crippen LogP contribution < -0.4 is 15.5 Å². The molecule has 0 saturated heterocycles. The quantitative estimate of drug-likeness (QED) is 0.308. The lowest BCUT2D eigenvalue weighted by molar-refractivity contribution is -0.129. The van der Waals surface area contributed by atoms with E-state index in [-0.39, 0.29) is 18.4 Å². The lowest BCUT2D eigenvalue weighted by atomic mass is 10.2. The molecule has 0 radical (unpaired) electrons. The lowest BCUT2D eigenvalue weighted by Gasteiger charge is -2.09. The largest absolute Gasteiger partial charge is 0.491 e. The molecule has 2 N–H and O–H groups in total. The standard InChI is InChI=1S/C16H23N3O4/c1-12(2)23-14-6-4-13(5-7-14)11-18-19-16(21)10-15(20)17-8-9-22-3/h4-7,11-12H,8-10H2,1-3H3,(H,17,20)(H,19,21)/b18-11-. The summed E-state index contributed by atoms with van der Waals surface area (Å²) in [6, 6.07) is 7.30. The second-order valence-corrected chi connectivity index (χ2v) is 5.05. The van der Waals surface area contributed by atoms with E-state index in [0.717, 1.165) is 11.3 Å². The summed E-state index contributed by atoms with van der Waals surface area (Å²) in [5, 5.41) is 6.37. The number of nitrogens with one attached hydrogen (secondary N) is 2. The fraction of sp³-hybridized carbons (Fsp3) is 0.438. The van der Waals surface area contributed by atoms with Crippen molar-refractivity contribution >= 4 is 18.0 Å². The summed E-state index contributed by atoms with van der Waals surface area (Å²) in [5.41, 5.74) is 3.12. The van der Waals surface area contributed by atoms with Crippen LogP contribution in [0.2, 0.25) is 0 Å². The van der Waals surface area contributed by atoms with Crippen molar-refractivity contribution in [2.75, 3.05) is 20.3 Å². The number of ether oxygens (including phenoxy) is 2. The number of benzene rings is 1. The SMILES string of the molecule is COCCNC(=O)CC(=O)N/N=C\c1ccc(OC(C)C)cc1. The number of rotatable bonds is 9. The molecule has 0 aliphatic rings. The summed E-state index contributed by atoms with van der Waals surface area (Å²) in [6.45, 7) is 4.69. The van der Waals surface area contributed by atoms with E-state index in [0.29, 0.717) is 13.2 Å². The predicted molar refractivity (Wildman–Crippen MR) is 87.4 cm³/mol. The number of hydrazone groups is 1. The third-order valence-electron chi connectivity index (χ3n) is 2.60. The molecule has 0 atom stereocenters. The Morgan fingerprint density at radius 1 is 1.22 bits per heavy atom. The first-order valence-corrected chi connectivity index (χ1v) is 7.35.